The van der Waals surface area contributed by atoms with Crippen LogP contribution in [0, 0.1) is 6.92 Å². The summed E-state index contributed by atoms with van der Waals surface area (Å²) in [6.45, 7) is 5.60. The molecule has 1 aliphatic rings. The van der Waals surface area contributed by atoms with E-state index in [0.29, 0.717) is 12.0 Å². The number of aryl methyl sites for hydroxylation is 1. The number of carbonyl (C=O) groups is 1. The molecule has 0 spiro atoms. The molecule has 1 aromatic rings. The number of hydrogen-bond acceptors (Lipinski definition) is 3. The van der Waals surface area contributed by atoms with Crippen LogP contribution in [0.3, 0.4) is 0 Å². The zero-order chi connectivity index (χ0) is 9.64. The van der Waals surface area contributed by atoms with Crippen molar-refractivity contribution in [3.63, 3.8) is 0 Å². The first-order chi connectivity index (χ1) is 5.99. The Labute approximate surface area is 76.3 Å². The zero-order valence-electron chi connectivity index (χ0n) is 7.97. The van der Waals surface area contributed by atoms with Crippen molar-refractivity contribution in [2.24, 2.45) is 0 Å². The number of ether oxygens (including phenoxy) is 1. The fraction of sp³-hybridized carbons (Fsp3) is 0.556. The maximum absolute atomic E-state index is 11.5. The van der Waals surface area contributed by atoms with E-state index in [4.69, 9.17) is 4.74 Å². The lowest BCUT2D eigenvalue weighted by Gasteiger charge is -2.28. The Morgan fingerprint density at radius 3 is 2.92 bits per heavy atom. The Morgan fingerprint density at radius 1 is 1.54 bits per heavy atom. The van der Waals surface area contributed by atoms with Crippen LogP contribution in [0.1, 0.15) is 35.6 Å². The van der Waals surface area contributed by atoms with E-state index in [9.17, 15) is 4.79 Å². The Morgan fingerprint density at radius 2 is 2.23 bits per heavy atom. The van der Waals surface area contributed by atoms with Gasteiger partial charge in [0.25, 0.3) is 0 Å². The highest BCUT2D eigenvalue weighted by Gasteiger charge is 2.35. The van der Waals surface area contributed by atoms with Gasteiger partial charge >= 0.3 is 5.97 Å². The largest absolute Gasteiger partial charge is 0.456 e. The van der Waals surface area contributed by atoms with Crippen LogP contribution in [-0.4, -0.2) is 21.8 Å². The Kier molecular flexibility index (Phi) is 1.49. The number of cyclic esters (lactones) is 1. The van der Waals surface area contributed by atoms with Crippen LogP contribution in [0.25, 0.3) is 0 Å². The monoisotopic (exact) mass is 180 g/mol. The van der Waals surface area contributed by atoms with Crippen molar-refractivity contribution >= 4 is 5.97 Å². The van der Waals surface area contributed by atoms with Crippen LogP contribution in [0.2, 0.25) is 0 Å². The molecule has 4 nitrogen and oxygen atoms in total. The van der Waals surface area contributed by atoms with E-state index >= 15 is 0 Å². The first-order valence-electron chi connectivity index (χ1n) is 4.27. The van der Waals surface area contributed by atoms with Gasteiger partial charge in [0.1, 0.15) is 11.2 Å². The van der Waals surface area contributed by atoms with Gasteiger partial charge in [-0.3, -0.25) is 5.10 Å². The molecule has 13 heavy (non-hydrogen) atoms. The number of fused-ring (bicyclic) bond motifs is 1. The van der Waals surface area contributed by atoms with Gasteiger partial charge in [-0.1, -0.05) is 0 Å². The summed E-state index contributed by atoms with van der Waals surface area (Å²) in [4.78, 5) is 11.5. The molecule has 0 fully saturated rings. The molecule has 2 rings (SSSR count). The lowest BCUT2D eigenvalue weighted by molar-refractivity contribution is -0.00693. The van der Waals surface area contributed by atoms with E-state index in [1.54, 1.807) is 0 Å². The summed E-state index contributed by atoms with van der Waals surface area (Å²) in [5.41, 5.74) is 1.79. The molecule has 1 aliphatic heterocycles. The van der Waals surface area contributed by atoms with Crippen LogP contribution >= 0.6 is 0 Å². The first kappa shape index (κ1) is 8.29. The molecular weight excluding hydrogens is 168 g/mol. The van der Waals surface area contributed by atoms with Crippen molar-refractivity contribution in [3.8, 4) is 0 Å². The number of carbonyl (C=O) groups excluding carboxylic acids is 1. The number of aromatic amines is 1. The normalized spacial score (nSPS) is 19.5. The third-order valence-electron chi connectivity index (χ3n) is 2.19. The predicted molar refractivity (Wildman–Crippen MR) is 46.5 cm³/mol. The van der Waals surface area contributed by atoms with E-state index in [2.05, 4.69) is 10.2 Å². The third-order valence-corrected chi connectivity index (χ3v) is 2.19. The summed E-state index contributed by atoms with van der Waals surface area (Å²) in [6.07, 6.45) is 0.679. The van der Waals surface area contributed by atoms with Crippen molar-refractivity contribution in [1.29, 1.82) is 0 Å². The minimum absolute atomic E-state index is 0.266. The molecule has 0 aromatic carbocycles. The second kappa shape index (κ2) is 2.34. The summed E-state index contributed by atoms with van der Waals surface area (Å²) >= 11 is 0. The molecule has 2 heterocycles. The summed E-state index contributed by atoms with van der Waals surface area (Å²) in [5.74, 6) is -0.266. The standard InChI is InChI=1S/C9H12N2O2/c1-5-7-6(11-10-5)4-9(2,3)13-8(7)12/h4H2,1-3H3,(H,10,11). The van der Waals surface area contributed by atoms with Gasteiger partial charge in [-0.2, -0.15) is 5.10 Å². The van der Waals surface area contributed by atoms with Gasteiger partial charge in [0.05, 0.1) is 5.69 Å². The van der Waals surface area contributed by atoms with E-state index in [1.165, 1.54) is 0 Å². The van der Waals surface area contributed by atoms with Crippen LogP contribution in [0.15, 0.2) is 0 Å². The molecule has 0 unspecified atom stereocenters. The van der Waals surface area contributed by atoms with E-state index in [-0.39, 0.29) is 5.97 Å². The lowest BCUT2D eigenvalue weighted by atomic mass is 9.96. The number of H-pyrrole nitrogens is 1. The van der Waals surface area contributed by atoms with E-state index in [1.807, 2.05) is 20.8 Å². The molecule has 0 saturated carbocycles. The number of nitrogens with zero attached hydrogens (tertiary/aromatic N) is 1. The molecule has 0 aliphatic carbocycles. The second-order valence-corrected chi connectivity index (χ2v) is 4.00. The number of aromatic nitrogens is 2. The molecule has 1 aromatic heterocycles. The Balaban J connectivity index is 2.51. The maximum Gasteiger partial charge on any atom is 0.342 e. The van der Waals surface area contributed by atoms with Gasteiger partial charge in [0, 0.05) is 12.1 Å². The smallest absolute Gasteiger partial charge is 0.342 e. The fourth-order valence-electron chi connectivity index (χ4n) is 1.62. The van der Waals surface area contributed by atoms with Crippen molar-refractivity contribution in [2.75, 3.05) is 0 Å². The topological polar surface area (TPSA) is 55.0 Å². The molecule has 0 bridgehead atoms. The molecule has 0 amide bonds. The van der Waals surface area contributed by atoms with Crippen LogP contribution < -0.4 is 0 Å². The first-order valence-corrected chi connectivity index (χ1v) is 4.27. The number of esters is 1. The molecule has 70 valence electrons. The third kappa shape index (κ3) is 1.22. The quantitative estimate of drug-likeness (QED) is 0.610. The summed E-state index contributed by atoms with van der Waals surface area (Å²) < 4.78 is 5.24. The van der Waals surface area contributed by atoms with Crippen molar-refractivity contribution in [1.82, 2.24) is 10.2 Å². The molecule has 0 atom stereocenters. The molecule has 1 N–H and O–H groups in total. The number of rotatable bonds is 0. The molecular formula is C9H12N2O2. The van der Waals surface area contributed by atoms with Crippen molar-refractivity contribution in [2.45, 2.75) is 32.8 Å². The highest BCUT2D eigenvalue weighted by molar-refractivity contribution is 5.93. The van der Waals surface area contributed by atoms with E-state index < -0.39 is 5.60 Å². The van der Waals surface area contributed by atoms with Crippen LogP contribution in [0.5, 0.6) is 0 Å². The van der Waals surface area contributed by atoms with Gasteiger partial charge in [0.2, 0.25) is 0 Å². The van der Waals surface area contributed by atoms with Gasteiger partial charge < -0.3 is 4.74 Å². The number of nitrogens with one attached hydrogen (secondary N) is 1. The van der Waals surface area contributed by atoms with Gasteiger partial charge in [-0.25, -0.2) is 4.79 Å². The zero-order valence-corrected chi connectivity index (χ0v) is 7.97. The molecule has 4 heteroatoms. The number of hydrogen-bond donors (Lipinski definition) is 1. The summed E-state index contributed by atoms with van der Waals surface area (Å²) in [5, 5.41) is 6.87. The fourth-order valence-corrected chi connectivity index (χ4v) is 1.62. The van der Waals surface area contributed by atoms with Crippen LogP contribution in [0.4, 0.5) is 0 Å². The highest BCUT2D eigenvalue weighted by atomic mass is 16.6. The highest BCUT2D eigenvalue weighted by Crippen LogP contribution is 2.27. The van der Waals surface area contributed by atoms with Gasteiger partial charge in [-0.05, 0) is 20.8 Å². The summed E-state index contributed by atoms with van der Waals surface area (Å²) in [7, 11) is 0. The molecule has 0 saturated heterocycles. The average molecular weight is 180 g/mol. The SMILES string of the molecule is Cc1[nH]nc2c1C(=O)OC(C)(C)C2. The van der Waals surface area contributed by atoms with Gasteiger partial charge in [0.15, 0.2) is 0 Å². The Bertz CT molecular complexity index is 366. The lowest BCUT2D eigenvalue weighted by Crippen LogP contribution is -2.35. The van der Waals surface area contributed by atoms with Gasteiger partial charge in [-0.15, -0.1) is 0 Å². The van der Waals surface area contributed by atoms with Crippen LogP contribution in [-0.2, 0) is 11.2 Å². The Hall–Kier alpha value is -1.32. The maximum atomic E-state index is 11.5. The molecule has 0 radical (unpaired) electrons. The van der Waals surface area contributed by atoms with Crippen molar-refractivity contribution in [3.05, 3.63) is 17.0 Å². The van der Waals surface area contributed by atoms with E-state index in [0.717, 1.165) is 11.4 Å². The summed E-state index contributed by atoms with van der Waals surface area (Å²) in [6, 6.07) is 0. The second-order valence-electron chi connectivity index (χ2n) is 4.00. The predicted octanol–water partition coefficient (Wildman–Crippen LogP) is 1.21. The minimum Gasteiger partial charge on any atom is -0.456 e. The average Bonchev–Trinajstić information content (AvgIpc) is 2.28. The van der Waals surface area contributed by atoms with Crippen molar-refractivity contribution < 1.29 is 9.53 Å². The minimum atomic E-state index is -0.425.